The summed E-state index contributed by atoms with van der Waals surface area (Å²) in [5.41, 5.74) is 0.540. The smallest absolute Gasteiger partial charge is 0.410 e. The number of carbonyl (C=O) groups excluding carboxylic acids is 2. The van der Waals surface area contributed by atoms with Gasteiger partial charge in [-0.1, -0.05) is 0 Å². The van der Waals surface area contributed by atoms with E-state index in [0.29, 0.717) is 18.8 Å². The molecule has 9 heteroatoms. The fourth-order valence-corrected chi connectivity index (χ4v) is 3.54. The molecule has 0 radical (unpaired) electrons. The van der Waals surface area contributed by atoms with Gasteiger partial charge in [0, 0.05) is 31.9 Å². The summed E-state index contributed by atoms with van der Waals surface area (Å²) in [6, 6.07) is 7.62. The molecule has 0 aromatic heterocycles. The molecule has 0 spiro atoms. The lowest BCUT2D eigenvalue weighted by atomic mass is 10.1. The predicted molar refractivity (Wildman–Crippen MR) is 121 cm³/mol. The molecular formula is C22H34ClN3O5. The minimum Gasteiger partial charge on any atom is -0.482 e. The molecule has 1 aromatic rings. The first-order valence-corrected chi connectivity index (χ1v) is 10.7. The molecule has 0 aliphatic carbocycles. The van der Waals surface area contributed by atoms with Crippen LogP contribution in [0.3, 0.4) is 0 Å². The minimum atomic E-state index is -0.521. The van der Waals surface area contributed by atoms with E-state index in [9.17, 15) is 9.59 Å². The second kappa shape index (κ2) is 11.4. The molecule has 1 amide bonds. The number of hydrogen-bond donors (Lipinski definition) is 1. The van der Waals surface area contributed by atoms with E-state index in [4.69, 9.17) is 14.2 Å². The monoisotopic (exact) mass is 455 g/mol. The van der Waals surface area contributed by atoms with Crippen molar-refractivity contribution < 1.29 is 23.8 Å². The van der Waals surface area contributed by atoms with Crippen LogP contribution in [-0.4, -0.2) is 74.5 Å². The van der Waals surface area contributed by atoms with E-state index in [0.717, 1.165) is 44.7 Å². The van der Waals surface area contributed by atoms with Crippen molar-refractivity contribution in [3.05, 3.63) is 24.3 Å². The number of anilines is 1. The normalized spacial score (nSPS) is 17.5. The van der Waals surface area contributed by atoms with Gasteiger partial charge in [0.1, 0.15) is 17.5 Å². The number of rotatable bonds is 5. The van der Waals surface area contributed by atoms with Crippen LogP contribution in [0.2, 0.25) is 0 Å². The van der Waals surface area contributed by atoms with E-state index in [-0.39, 0.29) is 37.2 Å². The molecule has 31 heavy (non-hydrogen) atoms. The molecule has 0 saturated carbocycles. The molecule has 2 saturated heterocycles. The molecule has 8 nitrogen and oxygen atoms in total. The topological polar surface area (TPSA) is 80.3 Å². The van der Waals surface area contributed by atoms with Crippen LogP contribution in [0.5, 0.6) is 5.75 Å². The number of piperidine rings is 1. The van der Waals surface area contributed by atoms with Crippen molar-refractivity contribution in [2.75, 3.05) is 50.8 Å². The molecule has 1 N–H and O–H groups in total. The Bertz CT molecular complexity index is 709. The second-order valence-corrected chi connectivity index (χ2v) is 8.68. The van der Waals surface area contributed by atoms with Crippen LogP contribution < -0.4 is 15.0 Å². The lowest BCUT2D eigenvalue weighted by Crippen LogP contribution is -2.50. The average Bonchev–Trinajstić information content (AvgIpc) is 2.72. The number of halogens is 1. The summed E-state index contributed by atoms with van der Waals surface area (Å²) in [6.45, 7) is 9.95. The molecule has 174 valence electrons. The Balaban J connectivity index is 0.00000341. The van der Waals surface area contributed by atoms with Gasteiger partial charge in [-0.05, 0) is 71.0 Å². The Kier molecular flexibility index (Phi) is 9.25. The summed E-state index contributed by atoms with van der Waals surface area (Å²) < 4.78 is 16.4. The molecule has 2 fully saturated rings. The van der Waals surface area contributed by atoms with Gasteiger partial charge in [-0.25, -0.2) is 9.59 Å². The van der Waals surface area contributed by atoms with Crippen molar-refractivity contribution in [3.8, 4) is 5.75 Å². The summed E-state index contributed by atoms with van der Waals surface area (Å²) >= 11 is 0. The number of nitrogens with zero attached hydrogens (tertiary/aromatic N) is 2. The fraction of sp³-hybridized carbons (Fsp3) is 0.636. The minimum absolute atomic E-state index is 0. The van der Waals surface area contributed by atoms with Gasteiger partial charge in [-0.2, -0.15) is 0 Å². The highest BCUT2D eigenvalue weighted by Crippen LogP contribution is 2.21. The molecular weight excluding hydrogens is 422 g/mol. The number of nitrogens with one attached hydrogen (secondary N) is 1. The number of esters is 1. The number of benzene rings is 1. The lowest BCUT2D eigenvalue weighted by molar-refractivity contribution is -0.157. The van der Waals surface area contributed by atoms with Gasteiger partial charge in [0.05, 0.1) is 0 Å². The zero-order chi connectivity index (χ0) is 21.6. The highest BCUT2D eigenvalue weighted by atomic mass is 35.5. The maximum Gasteiger partial charge on any atom is 0.410 e. The van der Waals surface area contributed by atoms with Gasteiger partial charge in [-0.15, -0.1) is 12.4 Å². The fourth-order valence-electron chi connectivity index (χ4n) is 3.54. The summed E-state index contributed by atoms with van der Waals surface area (Å²) in [6.07, 6.45) is 1.60. The highest BCUT2D eigenvalue weighted by molar-refractivity contribution is 5.85. The summed E-state index contributed by atoms with van der Waals surface area (Å²) in [5.74, 6) is 0.230. The molecule has 2 aliphatic heterocycles. The molecule has 0 bridgehead atoms. The van der Waals surface area contributed by atoms with Crippen LogP contribution in [-0.2, 0) is 14.3 Å². The third-order valence-electron chi connectivity index (χ3n) is 5.07. The zero-order valence-corrected chi connectivity index (χ0v) is 19.4. The standard InChI is InChI=1S/C22H33N3O5.ClH/c1-22(2,3)30-20(26)16-28-18-6-4-17(5-7-18)24-12-14-25(15-13-24)21(27)29-19-8-10-23-11-9-19;/h4-7,19,23H,8-16H2,1-3H3;1H. The molecule has 0 atom stereocenters. The van der Waals surface area contributed by atoms with Gasteiger partial charge in [0.2, 0.25) is 0 Å². The second-order valence-electron chi connectivity index (χ2n) is 8.68. The summed E-state index contributed by atoms with van der Waals surface area (Å²) in [4.78, 5) is 28.2. The van der Waals surface area contributed by atoms with E-state index >= 15 is 0 Å². The Morgan fingerprint density at radius 1 is 1.03 bits per heavy atom. The maximum atomic E-state index is 12.4. The average molecular weight is 456 g/mol. The van der Waals surface area contributed by atoms with E-state index in [2.05, 4.69) is 10.2 Å². The Labute approximate surface area is 190 Å². The van der Waals surface area contributed by atoms with Crippen LogP contribution in [0.25, 0.3) is 0 Å². The molecule has 2 heterocycles. The van der Waals surface area contributed by atoms with Crippen LogP contribution in [0.15, 0.2) is 24.3 Å². The quantitative estimate of drug-likeness (QED) is 0.684. The third-order valence-corrected chi connectivity index (χ3v) is 5.07. The molecule has 1 aromatic carbocycles. The van der Waals surface area contributed by atoms with Gasteiger partial charge >= 0.3 is 12.1 Å². The first kappa shape index (κ1) is 25.1. The number of carbonyl (C=O) groups is 2. The molecule has 0 unspecified atom stereocenters. The van der Waals surface area contributed by atoms with Gasteiger partial charge < -0.3 is 29.3 Å². The van der Waals surface area contributed by atoms with Crippen molar-refractivity contribution >= 4 is 30.2 Å². The Morgan fingerprint density at radius 2 is 1.65 bits per heavy atom. The van der Waals surface area contributed by atoms with E-state index in [1.165, 1.54) is 0 Å². The third kappa shape index (κ3) is 8.10. The zero-order valence-electron chi connectivity index (χ0n) is 18.6. The van der Waals surface area contributed by atoms with Crippen molar-refractivity contribution in [1.29, 1.82) is 0 Å². The predicted octanol–water partition coefficient (Wildman–Crippen LogP) is 2.84. The number of hydrogen-bond acceptors (Lipinski definition) is 7. The van der Waals surface area contributed by atoms with Crippen molar-refractivity contribution in [1.82, 2.24) is 10.2 Å². The van der Waals surface area contributed by atoms with Crippen LogP contribution in [0.4, 0.5) is 10.5 Å². The van der Waals surface area contributed by atoms with Crippen LogP contribution in [0, 0.1) is 0 Å². The number of amides is 1. The molecule has 2 aliphatic rings. The molecule has 3 rings (SSSR count). The number of piperazine rings is 1. The van der Waals surface area contributed by atoms with Crippen molar-refractivity contribution in [2.45, 2.75) is 45.3 Å². The van der Waals surface area contributed by atoms with E-state index in [1.807, 2.05) is 45.0 Å². The first-order chi connectivity index (χ1) is 14.3. The number of ether oxygens (including phenoxy) is 3. The SMILES string of the molecule is CC(C)(C)OC(=O)COc1ccc(N2CCN(C(=O)OC3CCNCC3)CC2)cc1.Cl. The largest absolute Gasteiger partial charge is 0.482 e. The highest BCUT2D eigenvalue weighted by Gasteiger charge is 2.25. The van der Waals surface area contributed by atoms with Crippen LogP contribution in [0.1, 0.15) is 33.6 Å². The van der Waals surface area contributed by atoms with Crippen LogP contribution >= 0.6 is 12.4 Å². The lowest BCUT2D eigenvalue weighted by Gasteiger charge is -2.36. The summed E-state index contributed by atoms with van der Waals surface area (Å²) in [7, 11) is 0. The Morgan fingerprint density at radius 3 is 2.23 bits per heavy atom. The van der Waals surface area contributed by atoms with Gasteiger partial charge in [0.25, 0.3) is 0 Å². The maximum absolute atomic E-state index is 12.4. The first-order valence-electron chi connectivity index (χ1n) is 10.7. The Hall–Kier alpha value is -2.19. The van der Waals surface area contributed by atoms with Gasteiger partial charge in [-0.3, -0.25) is 0 Å². The van der Waals surface area contributed by atoms with Crippen molar-refractivity contribution in [2.24, 2.45) is 0 Å². The summed E-state index contributed by atoms with van der Waals surface area (Å²) in [5, 5.41) is 3.27. The van der Waals surface area contributed by atoms with Crippen molar-refractivity contribution in [3.63, 3.8) is 0 Å². The van der Waals surface area contributed by atoms with E-state index in [1.54, 1.807) is 4.90 Å². The van der Waals surface area contributed by atoms with E-state index < -0.39 is 5.60 Å². The van der Waals surface area contributed by atoms with Gasteiger partial charge in [0.15, 0.2) is 6.61 Å².